The Morgan fingerprint density at radius 3 is 2.75 bits per heavy atom. The van der Waals surface area contributed by atoms with Gasteiger partial charge in [0.05, 0.1) is 16.9 Å². The van der Waals surface area contributed by atoms with E-state index in [1.165, 1.54) is 30.6 Å². The molecule has 0 aliphatic heterocycles. The van der Waals surface area contributed by atoms with Gasteiger partial charge in [0.2, 0.25) is 5.95 Å². The van der Waals surface area contributed by atoms with Crippen molar-refractivity contribution in [1.29, 1.82) is 0 Å². The van der Waals surface area contributed by atoms with Crippen molar-refractivity contribution in [2.24, 2.45) is 5.73 Å². The Labute approximate surface area is 191 Å². The second-order valence-electron chi connectivity index (χ2n) is 8.40. The fraction of sp³-hybridized carbons (Fsp3) is 0.391. The van der Waals surface area contributed by atoms with Crippen molar-refractivity contribution in [2.45, 2.75) is 51.2 Å². The summed E-state index contributed by atoms with van der Waals surface area (Å²) in [5.74, 6) is 1.30. The molecule has 0 radical (unpaired) electrons. The number of hydrogen-bond acceptors (Lipinski definition) is 8. The highest BCUT2D eigenvalue weighted by Crippen LogP contribution is 2.33. The molecule has 1 fully saturated rings. The molecule has 4 aromatic rings. The van der Waals surface area contributed by atoms with Crippen LogP contribution in [0.2, 0.25) is 0 Å². The number of hydrogen-bond donors (Lipinski definition) is 3. The van der Waals surface area contributed by atoms with E-state index in [4.69, 9.17) is 15.7 Å². The molecule has 1 aliphatic rings. The Bertz CT molecular complexity index is 1160. The topological polar surface area (TPSA) is 107 Å². The van der Waals surface area contributed by atoms with Crippen molar-refractivity contribution in [1.82, 2.24) is 24.5 Å². The van der Waals surface area contributed by atoms with Crippen molar-refractivity contribution in [3.8, 4) is 10.6 Å². The smallest absolute Gasteiger partial charge is 0.226 e. The minimum atomic E-state index is 0.0124. The minimum Gasteiger partial charge on any atom is -0.364 e. The zero-order chi connectivity index (χ0) is 21.9. The Balaban J connectivity index is 1.40. The SMILES string of the molecule is CC(N)CNc1nc(NCc2ccc(-c3cccs3)nc2)c2ncn(C3CCCC3)c2n1. The predicted molar refractivity (Wildman–Crippen MR) is 130 cm³/mol. The molecule has 1 aliphatic carbocycles. The quantitative estimate of drug-likeness (QED) is 0.366. The van der Waals surface area contributed by atoms with Gasteiger partial charge in [0.1, 0.15) is 0 Å². The average molecular weight is 449 g/mol. The van der Waals surface area contributed by atoms with Gasteiger partial charge in [-0.3, -0.25) is 4.98 Å². The molecule has 166 valence electrons. The maximum atomic E-state index is 5.92. The number of fused-ring (bicyclic) bond motifs is 1. The van der Waals surface area contributed by atoms with Crippen molar-refractivity contribution in [3.05, 3.63) is 47.7 Å². The molecular weight excluding hydrogens is 420 g/mol. The number of thiophene rings is 1. The van der Waals surface area contributed by atoms with Gasteiger partial charge in [0, 0.05) is 31.4 Å². The number of nitrogens with one attached hydrogen (secondary N) is 2. The standard InChI is InChI=1S/C23H28N8S/c1-15(24)11-27-23-29-21(20-22(30-23)31(14-28-20)17-5-2-3-6-17)26-13-16-8-9-18(25-12-16)19-7-4-10-32-19/h4,7-10,12,14-15,17H,2-3,5-6,11,13,24H2,1H3,(H2,26,27,29,30). The van der Waals surface area contributed by atoms with Crippen LogP contribution in [0.5, 0.6) is 0 Å². The van der Waals surface area contributed by atoms with E-state index in [0.29, 0.717) is 25.1 Å². The van der Waals surface area contributed by atoms with E-state index in [2.05, 4.69) is 48.7 Å². The second-order valence-corrected chi connectivity index (χ2v) is 9.35. The van der Waals surface area contributed by atoms with Gasteiger partial charge in [0.15, 0.2) is 17.0 Å². The van der Waals surface area contributed by atoms with Crippen LogP contribution in [0.15, 0.2) is 42.2 Å². The van der Waals surface area contributed by atoms with Crippen molar-refractivity contribution in [2.75, 3.05) is 17.2 Å². The van der Waals surface area contributed by atoms with E-state index in [9.17, 15) is 0 Å². The monoisotopic (exact) mass is 448 g/mol. The lowest BCUT2D eigenvalue weighted by atomic mass is 10.2. The van der Waals surface area contributed by atoms with Crippen LogP contribution < -0.4 is 16.4 Å². The van der Waals surface area contributed by atoms with Crippen molar-refractivity contribution in [3.63, 3.8) is 0 Å². The largest absolute Gasteiger partial charge is 0.364 e. The lowest BCUT2D eigenvalue weighted by Gasteiger charge is -2.14. The summed E-state index contributed by atoms with van der Waals surface area (Å²) in [5, 5.41) is 8.78. The van der Waals surface area contributed by atoms with Gasteiger partial charge in [-0.2, -0.15) is 9.97 Å². The Morgan fingerprint density at radius 1 is 1.16 bits per heavy atom. The second kappa shape index (κ2) is 9.22. The molecule has 4 N–H and O–H groups in total. The highest BCUT2D eigenvalue weighted by atomic mass is 32.1. The van der Waals surface area contributed by atoms with Gasteiger partial charge in [-0.05, 0) is 42.8 Å². The molecule has 8 nitrogen and oxygen atoms in total. The fourth-order valence-electron chi connectivity index (χ4n) is 4.11. The summed E-state index contributed by atoms with van der Waals surface area (Å²) in [5.41, 5.74) is 9.66. The minimum absolute atomic E-state index is 0.0124. The van der Waals surface area contributed by atoms with E-state index >= 15 is 0 Å². The molecule has 4 aromatic heterocycles. The molecule has 9 heteroatoms. The fourth-order valence-corrected chi connectivity index (χ4v) is 4.81. The summed E-state index contributed by atoms with van der Waals surface area (Å²) < 4.78 is 2.21. The summed E-state index contributed by atoms with van der Waals surface area (Å²) in [7, 11) is 0. The van der Waals surface area contributed by atoms with E-state index < -0.39 is 0 Å². The number of nitrogens with two attached hydrogens (primary N) is 1. The van der Waals surface area contributed by atoms with E-state index in [1.54, 1.807) is 11.3 Å². The summed E-state index contributed by atoms with van der Waals surface area (Å²) in [6, 6.07) is 8.75. The molecule has 5 rings (SSSR count). The number of rotatable bonds is 8. The predicted octanol–water partition coefficient (Wildman–Crippen LogP) is 4.44. The first-order chi connectivity index (χ1) is 15.7. The lowest BCUT2D eigenvalue weighted by molar-refractivity contribution is 0.529. The van der Waals surface area contributed by atoms with Gasteiger partial charge in [0.25, 0.3) is 0 Å². The first kappa shape index (κ1) is 20.8. The first-order valence-electron chi connectivity index (χ1n) is 11.1. The molecule has 1 atom stereocenters. The van der Waals surface area contributed by atoms with Crippen molar-refractivity contribution < 1.29 is 0 Å². The zero-order valence-electron chi connectivity index (χ0n) is 18.2. The molecule has 4 heterocycles. The van der Waals surface area contributed by atoms with Crippen LogP contribution in [0.3, 0.4) is 0 Å². The van der Waals surface area contributed by atoms with Gasteiger partial charge >= 0.3 is 0 Å². The van der Waals surface area contributed by atoms with Gasteiger partial charge in [-0.1, -0.05) is 25.0 Å². The zero-order valence-corrected chi connectivity index (χ0v) is 19.0. The van der Waals surface area contributed by atoms with Crippen molar-refractivity contribution >= 4 is 34.3 Å². The maximum absolute atomic E-state index is 5.92. The molecule has 0 saturated heterocycles. The van der Waals surface area contributed by atoms with Gasteiger partial charge < -0.3 is 20.9 Å². The Hall–Kier alpha value is -3.04. The van der Waals surface area contributed by atoms with E-state index in [1.807, 2.05) is 25.5 Å². The number of imidazole rings is 1. The molecule has 0 amide bonds. The third-order valence-corrected chi connectivity index (χ3v) is 6.67. The molecule has 0 bridgehead atoms. The molecule has 0 aromatic carbocycles. The molecule has 1 unspecified atom stereocenters. The third-order valence-electron chi connectivity index (χ3n) is 5.78. The van der Waals surface area contributed by atoms with E-state index in [-0.39, 0.29) is 6.04 Å². The van der Waals surface area contributed by atoms with Gasteiger partial charge in [-0.25, -0.2) is 4.98 Å². The summed E-state index contributed by atoms with van der Waals surface area (Å²) in [4.78, 5) is 19.9. The van der Waals surface area contributed by atoms with Crippen LogP contribution in [0.25, 0.3) is 21.7 Å². The summed E-state index contributed by atoms with van der Waals surface area (Å²) in [6.45, 7) is 3.17. The normalized spacial score (nSPS) is 15.3. The number of pyridine rings is 1. The highest BCUT2D eigenvalue weighted by Gasteiger charge is 2.22. The molecule has 1 saturated carbocycles. The first-order valence-corrected chi connectivity index (χ1v) is 12.0. The average Bonchev–Trinajstić information content (AvgIpc) is 3.57. The van der Waals surface area contributed by atoms with E-state index in [0.717, 1.165) is 28.2 Å². The molecule has 32 heavy (non-hydrogen) atoms. The Morgan fingerprint density at radius 2 is 2.03 bits per heavy atom. The molecule has 0 spiro atoms. The molecular formula is C23H28N8S. The third kappa shape index (κ3) is 4.44. The Kier molecular flexibility index (Phi) is 6.00. The van der Waals surface area contributed by atoms with Gasteiger partial charge in [-0.15, -0.1) is 11.3 Å². The van der Waals surface area contributed by atoms with Crippen LogP contribution in [0.4, 0.5) is 11.8 Å². The summed E-state index contributed by atoms with van der Waals surface area (Å²) in [6.07, 6.45) is 8.67. The van der Waals surface area contributed by atoms with Crippen LogP contribution in [-0.4, -0.2) is 37.1 Å². The maximum Gasteiger partial charge on any atom is 0.226 e. The summed E-state index contributed by atoms with van der Waals surface area (Å²) >= 11 is 1.69. The van der Waals surface area contributed by atoms with Crippen LogP contribution >= 0.6 is 11.3 Å². The number of aromatic nitrogens is 5. The number of nitrogens with zero attached hydrogens (tertiary/aromatic N) is 5. The van der Waals surface area contributed by atoms with Crippen LogP contribution in [0, 0.1) is 0 Å². The van der Waals surface area contributed by atoms with Crippen LogP contribution in [-0.2, 0) is 6.54 Å². The highest BCUT2D eigenvalue weighted by molar-refractivity contribution is 7.13. The number of anilines is 2. The lowest BCUT2D eigenvalue weighted by Crippen LogP contribution is -2.26. The van der Waals surface area contributed by atoms with Crippen LogP contribution in [0.1, 0.15) is 44.2 Å².